The predicted octanol–water partition coefficient (Wildman–Crippen LogP) is 4.52. The molecule has 0 atom stereocenters. The first-order chi connectivity index (χ1) is 10.4. The second-order valence-corrected chi connectivity index (χ2v) is 4.82. The average Bonchev–Trinajstić information content (AvgIpc) is 2.43. The van der Waals surface area contributed by atoms with Gasteiger partial charge in [-0.15, -0.1) is 0 Å². The minimum atomic E-state index is -6.21. The number of halogens is 7. The molecule has 1 aromatic heterocycles. The van der Waals surface area contributed by atoms with E-state index in [0.29, 0.717) is 18.9 Å². The van der Waals surface area contributed by atoms with Gasteiger partial charge in [-0.05, 0) is 18.9 Å². The lowest BCUT2D eigenvalue weighted by Crippen LogP contribution is -2.50. The van der Waals surface area contributed by atoms with E-state index in [1.165, 1.54) is 0 Å². The van der Waals surface area contributed by atoms with Gasteiger partial charge in [0.2, 0.25) is 0 Å². The lowest BCUT2D eigenvalue weighted by Gasteiger charge is -2.30. The zero-order valence-electron chi connectivity index (χ0n) is 12.2. The Kier molecular flexibility index (Phi) is 5.37. The number of anilines is 1. The lowest BCUT2D eigenvalue weighted by molar-refractivity contribution is -0.348. The highest BCUT2D eigenvalue weighted by Gasteiger charge is 2.73. The maximum Gasteiger partial charge on any atom is 0.436 e. The Morgan fingerprint density at radius 2 is 1.52 bits per heavy atom. The molecule has 0 aliphatic heterocycles. The molecule has 0 saturated heterocycles. The molecular formula is C13H15F7N2O. The van der Waals surface area contributed by atoms with E-state index in [4.69, 9.17) is 10.5 Å². The number of hydrogen-bond acceptors (Lipinski definition) is 3. The van der Waals surface area contributed by atoms with Crippen molar-refractivity contribution in [2.24, 2.45) is 0 Å². The number of nitrogens with zero attached hydrogens (tertiary/aromatic N) is 1. The van der Waals surface area contributed by atoms with Crippen LogP contribution >= 0.6 is 0 Å². The van der Waals surface area contributed by atoms with E-state index in [1.807, 2.05) is 0 Å². The van der Waals surface area contributed by atoms with E-state index < -0.39 is 41.3 Å². The fourth-order valence-electron chi connectivity index (χ4n) is 1.86. The first-order valence-electron chi connectivity index (χ1n) is 6.63. The smallest absolute Gasteiger partial charge is 0.436 e. The maximum absolute atomic E-state index is 14.0. The summed E-state index contributed by atoms with van der Waals surface area (Å²) in [6.07, 6.45) is -12.0. The van der Waals surface area contributed by atoms with Crippen LogP contribution in [0.4, 0.5) is 36.6 Å². The third kappa shape index (κ3) is 3.61. The zero-order valence-corrected chi connectivity index (χ0v) is 12.2. The van der Waals surface area contributed by atoms with E-state index in [9.17, 15) is 30.7 Å². The van der Waals surface area contributed by atoms with Gasteiger partial charge in [0, 0.05) is 11.8 Å². The predicted molar refractivity (Wildman–Crippen MR) is 68.5 cm³/mol. The molecule has 0 aromatic carbocycles. The van der Waals surface area contributed by atoms with Gasteiger partial charge in [-0.25, -0.2) is 9.37 Å². The second-order valence-electron chi connectivity index (χ2n) is 4.82. The molecule has 0 aliphatic rings. The molecular weight excluding hydrogens is 333 g/mol. The first kappa shape index (κ1) is 19.3. The molecule has 0 radical (unpaired) electrons. The highest BCUT2D eigenvalue weighted by Crippen LogP contribution is 2.53. The lowest BCUT2D eigenvalue weighted by atomic mass is 9.95. The number of pyridine rings is 1. The summed E-state index contributed by atoms with van der Waals surface area (Å²) in [5, 5.41) is 0. The Hall–Kier alpha value is -1.74. The van der Waals surface area contributed by atoms with Crippen LogP contribution in [0, 0.1) is 0 Å². The Bertz CT molecular complexity index is 524. The maximum atomic E-state index is 14.0. The van der Waals surface area contributed by atoms with Crippen molar-refractivity contribution in [3.63, 3.8) is 0 Å². The van der Waals surface area contributed by atoms with Gasteiger partial charge in [-0.3, -0.25) is 0 Å². The van der Waals surface area contributed by atoms with Crippen LogP contribution in [-0.2, 0) is 5.67 Å². The molecule has 0 bridgehead atoms. The standard InChI is InChI=1S/C13H15F7N2O/c1-3-8(4-2)23-9-5-7(6-22-10(9)21)11(14,12(15,16)17)13(18,19)20/h5-6,8H,3-4H2,1-2H3,(H2,21,22). The monoisotopic (exact) mass is 348 g/mol. The number of hydrogen-bond donors (Lipinski definition) is 1. The molecule has 0 aliphatic carbocycles. The summed E-state index contributed by atoms with van der Waals surface area (Å²) in [6, 6.07) is 0.293. The summed E-state index contributed by atoms with van der Waals surface area (Å²) in [4.78, 5) is 3.21. The van der Waals surface area contributed by atoms with E-state index in [0.717, 1.165) is 0 Å². The minimum Gasteiger partial charge on any atom is -0.487 e. The number of rotatable bonds is 5. The molecule has 2 N–H and O–H groups in total. The summed E-state index contributed by atoms with van der Waals surface area (Å²) in [5.74, 6) is -0.945. The Balaban J connectivity index is 3.42. The van der Waals surface area contributed by atoms with Crippen molar-refractivity contribution in [3.8, 4) is 5.75 Å². The van der Waals surface area contributed by atoms with E-state index in [-0.39, 0.29) is 6.20 Å². The summed E-state index contributed by atoms with van der Waals surface area (Å²) < 4.78 is 95.5. The Morgan fingerprint density at radius 3 is 1.91 bits per heavy atom. The van der Waals surface area contributed by atoms with E-state index in [2.05, 4.69) is 4.98 Å². The Morgan fingerprint density at radius 1 is 1.04 bits per heavy atom. The second kappa shape index (κ2) is 6.40. The summed E-state index contributed by atoms with van der Waals surface area (Å²) in [6.45, 7) is 3.40. The summed E-state index contributed by atoms with van der Waals surface area (Å²) >= 11 is 0. The quantitative estimate of drug-likeness (QED) is 0.796. The molecule has 1 heterocycles. The largest absolute Gasteiger partial charge is 0.487 e. The number of alkyl halides is 7. The molecule has 1 rings (SSSR count). The van der Waals surface area contributed by atoms with Gasteiger partial charge < -0.3 is 10.5 Å². The average molecular weight is 348 g/mol. The van der Waals surface area contributed by atoms with Crippen LogP contribution in [0.5, 0.6) is 5.75 Å². The first-order valence-corrected chi connectivity index (χ1v) is 6.63. The number of nitrogens with two attached hydrogens (primary N) is 1. The van der Waals surface area contributed by atoms with Crippen molar-refractivity contribution in [3.05, 3.63) is 17.8 Å². The van der Waals surface area contributed by atoms with Crippen molar-refractivity contribution < 1.29 is 35.5 Å². The van der Waals surface area contributed by atoms with Crippen LogP contribution in [0.3, 0.4) is 0 Å². The number of aromatic nitrogens is 1. The van der Waals surface area contributed by atoms with Crippen LogP contribution in [0.1, 0.15) is 32.3 Å². The molecule has 132 valence electrons. The molecule has 0 fully saturated rings. The number of nitrogen functional groups attached to an aromatic ring is 1. The molecule has 0 saturated carbocycles. The van der Waals surface area contributed by atoms with Crippen molar-refractivity contribution in [1.82, 2.24) is 4.98 Å². The van der Waals surface area contributed by atoms with Gasteiger partial charge in [0.15, 0.2) is 11.6 Å². The van der Waals surface area contributed by atoms with Gasteiger partial charge in [-0.2, -0.15) is 26.3 Å². The normalized spacial score (nSPS) is 13.5. The fraction of sp³-hybridized carbons (Fsp3) is 0.615. The van der Waals surface area contributed by atoms with Crippen LogP contribution in [0.15, 0.2) is 12.3 Å². The van der Waals surface area contributed by atoms with Gasteiger partial charge >= 0.3 is 18.0 Å². The molecule has 10 heteroatoms. The van der Waals surface area contributed by atoms with Gasteiger partial charge in [0.25, 0.3) is 0 Å². The molecule has 23 heavy (non-hydrogen) atoms. The van der Waals surface area contributed by atoms with Crippen LogP contribution in [0.25, 0.3) is 0 Å². The van der Waals surface area contributed by atoms with Gasteiger partial charge in [0.1, 0.15) is 0 Å². The van der Waals surface area contributed by atoms with Crippen molar-refractivity contribution in [2.45, 2.75) is 50.8 Å². The highest BCUT2D eigenvalue weighted by atomic mass is 19.4. The van der Waals surface area contributed by atoms with Gasteiger partial charge in [-0.1, -0.05) is 13.8 Å². The SMILES string of the molecule is CCC(CC)Oc1cc(C(F)(C(F)(F)F)C(F)(F)F)cnc1N. The Labute approximate surface area is 127 Å². The van der Waals surface area contributed by atoms with Crippen LogP contribution in [0.2, 0.25) is 0 Å². The molecule has 0 amide bonds. The summed E-state index contributed by atoms with van der Waals surface area (Å²) in [5.41, 5.74) is -1.90. The van der Waals surface area contributed by atoms with Crippen LogP contribution < -0.4 is 10.5 Å². The van der Waals surface area contributed by atoms with E-state index >= 15 is 0 Å². The molecule has 0 unspecified atom stereocenters. The minimum absolute atomic E-state index is 0.107. The highest BCUT2D eigenvalue weighted by molar-refractivity contribution is 5.48. The van der Waals surface area contributed by atoms with Gasteiger partial charge in [0.05, 0.1) is 6.10 Å². The van der Waals surface area contributed by atoms with E-state index in [1.54, 1.807) is 13.8 Å². The third-order valence-corrected chi connectivity index (χ3v) is 3.27. The number of ether oxygens (including phenoxy) is 1. The topological polar surface area (TPSA) is 48.1 Å². The third-order valence-electron chi connectivity index (χ3n) is 3.27. The van der Waals surface area contributed by atoms with Crippen molar-refractivity contribution >= 4 is 5.82 Å². The summed E-state index contributed by atoms with van der Waals surface area (Å²) in [7, 11) is 0. The molecule has 3 nitrogen and oxygen atoms in total. The van der Waals surface area contributed by atoms with Crippen LogP contribution in [-0.4, -0.2) is 23.4 Å². The molecule has 1 aromatic rings. The zero-order chi connectivity index (χ0) is 18.1. The fourth-order valence-corrected chi connectivity index (χ4v) is 1.86. The van der Waals surface area contributed by atoms with Crippen molar-refractivity contribution in [1.29, 1.82) is 0 Å². The molecule has 0 spiro atoms. The van der Waals surface area contributed by atoms with Crippen molar-refractivity contribution in [2.75, 3.05) is 5.73 Å².